The fourth-order valence-electron chi connectivity index (χ4n) is 2.32. The van der Waals surface area contributed by atoms with E-state index in [2.05, 4.69) is 5.32 Å². The lowest BCUT2D eigenvalue weighted by molar-refractivity contribution is -0.137. The van der Waals surface area contributed by atoms with Crippen LogP contribution in [0.1, 0.15) is 38.5 Å². The highest BCUT2D eigenvalue weighted by Gasteiger charge is 2.22. The van der Waals surface area contributed by atoms with Crippen molar-refractivity contribution < 1.29 is 19.5 Å². The number of hydrogen-bond donors (Lipinski definition) is 3. The zero-order chi connectivity index (χ0) is 15.0. The van der Waals surface area contributed by atoms with Crippen molar-refractivity contribution in [2.24, 2.45) is 11.7 Å². The number of carbonyl (C=O) groups excluding carboxylic acids is 2. The van der Waals surface area contributed by atoms with Gasteiger partial charge in [0.1, 0.15) is 0 Å². The standard InChI is InChI=1S/C13H23N3O4/c14-11(17)2-1-7-15-13(20)16-8-5-10(6-9-16)3-4-12(18)19/h10H,1-9H2,(H2,14,17)(H,15,20)(H,18,19). The van der Waals surface area contributed by atoms with Crippen LogP contribution in [0.15, 0.2) is 0 Å². The lowest BCUT2D eigenvalue weighted by Crippen LogP contribution is -2.44. The second-order valence-corrected chi connectivity index (χ2v) is 5.16. The first-order valence-corrected chi connectivity index (χ1v) is 7.02. The molecular weight excluding hydrogens is 262 g/mol. The lowest BCUT2D eigenvalue weighted by Gasteiger charge is -2.31. The number of urea groups is 1. The summed E-state index contributed by atoms with van der Waals surface area (Å²) in [5, 5.41) is 11.4. The molecule has 0 unspecified atom stereocenters. The number of nitrogens with two attached hydrogens (primary N) is 1. The summed E-state index contributed by atoms with van der Waals surface area (Å²) in [6.07, 6.45) is 3.41. The Hall–Kier alpha value is -1.79. The maximum atomic E-state index is 11.8. The van der Waals surface area contributed by atoms with Gasteiger partial charge in [0.15, 0.2) is 0 Å². The maximum absolute atomic E-state index is 11.8. The summed E-state index contributed by atoms with van der Waals surface area (Å²) in [6, 6.07) is -0.119. The van der Waals surface area contributed by atoms with Gasteiger partial charge in [-0.2, -0.15) is 0 Å². The fourth-order valence-corrected chi connectivity index (χ4v) is 2.32. The number of carboxylic acid groups (broad SMARTS) is 1. The van der Waals surface area contributed by atoms with E-state index in [1.54, 1.807) is 4.90 Å². The third-order valence-electron chi connectivity index (χ3n) is 3.54. The molecule has 0 radical (unpaired) electrons. The summed E-state index contributed by atoms with van der Waals surface area (Å²) in [5.41, 5.74) is 5.01. The van der Waals surface area contributed by atoms with E-state index in [1.807, 2.05) is 0 Å². The average molecular weight is 285 g/mol. The van der Waals surface area contributed by atoms with Crippen molar-refractivity contribution in [1.29, 1.82) is 0 Å². The van der Waals surface area contributed by atoms with Gasteiger partial charge in [-0.15, -0.1) is 0 Å². The van der Waals surface area contributed by atoms with Crippen molar-refractivity contribution >= 4 is 17.9 Å². The highest BCUT2D eigenvalue weighted by molar-refractivity contribution is 5.75. The molecule has 114 valence electrons. The Kier molecular flexibility index (Phi) is 6.83. The van der Waals surface area contributed by atoms with E-state index in [0.29, 0.717) is 38.4 Å². The van der Waals surface area contributed by atoms with Crippen LogP contribution >= 0.6 is 0 Å². The number of hydrogen-bond acceptors (Lipinski definition) is 3. The van der Waals surface area contributed by atoms with Gasteiger partial charge in [0.05, 0.1) is 0 Å². The second-order valence-electron chi connectivity index (χ2n) is 5.16. The van der Waals surface area contributed by atoms with Crippen molar-refractivity contribution in [2.75, 3.05) is 19.6 Å². The van der Waals surface area contributed by atoms with Gasteiger partial charge in [0, 0.05) is 32.5 Å². The molecular formula is C13H23N3O4. The summed E-state index contributed by atoms with van der Waals surface area (Å²) in [4.78, 5) is 34.6. The van der Waals surface area contributed by atoms with Crippen LogP contribution in [0.5, 0.6) is 0 Å². The first-order valence-electron chi connectivity index (χ1n) is 7.02. The van der Waals surface area contributed by atoms with Gasteiger partial charge in [0.2, 0.25) is 5.91 Å². The van der Waals surface area contributed by atoms with Crippen LogP contribution in [0.4, 0.5) is 4.79 Å². The van der Waals surface area contributed by atoms with Crippen LogP contribution in [0, 0.1) is 5.92 Å². The molecule has 1 aliphatic rings. The zero-order valence-electron chi connectivity index (χ0n) is 11.6. The number of nitrogens with zero attached hydrogens (tertiary/aromatic N) is 1. The van der Waals surface area contributed by atoms with Gasteiger partial charge in [-0.05, 0) is 31.6 Å². The van der Waals surface area contributed by atoms with E-state index in [1.165, 1.54) is 0 Å². The van der Waals surface area contributed by atoms with Crippen molar-refractivity contribution in [2.45, 2.75) is 38.5 Å². The Morgan fingerprint density at radius 3 is 2.40 bits per heavy atom. The van der Waals surface area contributed by atoms with Crippen LogP contribution in [-0.4, -0.2) is 47.5 Å². The monoisotopic (exact) mass is 285 g/mol. The largest absolute Gasteiger partial charge is 0.481 e. The number of aliphatic carboxylic acids is 1. The van der Waals surface area contributed by atoms with Crippen LogP contribution in [0.2, 0.25) is 0 Å². The van der Waals surface area contributed by atoms with Gasteiger partial charge >= 0.3 is 12.0 Å². The number of likely N-dealkylation sites (tertiary alicyclic amines) is 1. The van der Waals surface area contributed by atoms with E-state index in [0.717, 1.165) is 12.8 Å². The smallest absolute Gasteiger partial charge is 0.317 e. The molecule has 1 saturated heterocycles. The minimum Gasteiger partial charge on any atom is -0.481 e. The average Bonchev–Trinajstić information content (AvgIpc) is 2.41. The topological polar surface area (TPSA) is 113 Å². The number of primary amides is 1. The number of nitrogens with one attached hydrogen (secondary N) is 1. The van der Waals surface area contributed by atoms with E-state index in [4.69, 9.17) is 10.8 Å². The highest BCUT2D eigenvalue weighted by Crippen LogP contribution is 2.21. The predicted octanol–water partition coefficient (Wildman–Crippen LogP) is 0.538. The van der Waals surface area contributed by atoms with Crippen LogP contribution in [0.3, 0.4) is 0 Å². The predicted molar refractivity (Wildman–Crippen MR) is 73.0 cm³/mol. The van der Waals surface area contributed by atoms with Crippen molar-refractivity contribution in [1.82, 2.24) is 10.2 Å². The first kappa shape index (κ1) is 16.3. The van der Waals surface area contributed by atoms with E-state index >= 15 is 0 Å². The number of piperidine rings is 1. The minimum absolute atomic E-state index is 0.119. The Balaban J connectivity index is 2.15. The Morgan fingerprint density at radius 2 is 1.85 bits per heavy atom. The molecule has 7 nitrogen and oxygen atoms in total. The third-order valence-corrected chi connectivity index (χ3v) is 3.54. The Labute approximate surface area is 118 Å². The molecule has 0 atom stereocenters. The van der Waals surface area contributed by atoms with Gasteiger partial charge in [-0.3, -0.25) is 9.59 Å². The molecule has 7 heteroatoms. The Bertz CT molecular complexity index is 352. The molecule has 1 rings (SSSR count). The molecule has 0 aromatic carbocycles. The van der Waals surface area contributed by atoms with E-state index < -0.39 is 5.97 Å². The maximum Gasteiger partial charge on any atom is 0.317 e. The summed E-state index contributed by atoms with van der Waals surface area (Å²) in [7, 11) is 0. The van der Waals surface area contributed by atoms with Crippen LogP contribution in [-0.2, 0) is 9.59 Å². The minimum atomic E-state index is -0.764. The third kappa shape index (κ3) is 6.40. The molecule has 1 heterocycles. The molecule has 3 amide bonds. The normalized spacial score (nSPS) is 15.9. The van der Waals surface area contributed by atoms with Crippen molar-refractivity contribution in [3.05, 3.63) is 0 Å². The number of rotatable bonds is 7. The zero-order valence-corrected chi connectivity index (χ0v) is 11.6. The molecule has 0 aromatic heterocycles. The Morgan fingerprint density at radius 1 is 1.20 bits per heavy atom. The molecule has 0 bridgehead atoms. The van der Waals surface area contributed by atoms with Gasteiger partial charge < -0.3 is 21.1 Å². The molecule has 0 saturated carbocycles. The lowest BCUT2D eigenvalue weighted by atomic mass is 9.92. The number of amides is 3. The summed E-state index contributed by atoms with van der Waals surface area (Å²) >= 11 is 0. The molecule has 1 aliphatic heterocycles. The van der Waals surface area contributed by atoms with Crippen LogP contribution in [0.25, 0.3) is 0 Å². The second kappa shape index (κ2) is 8.39. The number of carboxylic acids is 1. The molecule has 0 aliphatic carbocycles. The first-order chi connectivity index (χ1) is 9.49. The van der Waals surface area contributed by atoms with E-state index in [9.17, 15) is 14.4 Å². The van der Waals surface area contributed by atoms with Crippen molar-refractivity contribution in [3.63, 3.8) is 0 Å². The molecule has 0 spiro atoms. The molecule has 1 fully saturated rings. The fraction of sp³-hybridized carbons (Fsp3) is 0.769. The van der Waals surface area contributed by atoms with E-state index in [-0.39, 0.29) is 24.8 Å². The van der Waals surface area contributed by atoms with Crippen molar-refractivity contribution in [3.8, 4) is 0 Å². The SMILES string of the molecule is NC(=O)CCCNC(=O)N1CCC(CCC(=O)O)CC1. The molecule has 20 heavy (non-hydrogen) atoms. The summed E-state index contributed by atoms with van der Waals surface area (Å²) in [5.74, 6) is -0.733. The highest BCUT2D eigenvalue weighted by atomic mass is 16.4. The molecule has 4 N–H and O–H groups in total. The van der Waals surface area contributed by atoms with Gasteiger partial charge in [0.25, 0.3) is 0 Å². The van der Waals surface area contributed by atoms with Gasteiger partial charge in [-0.25, -0.2) is 4.79 Å². The summed E-state index contributed by atoms with van der Waals surface area (Å²) in [6.45, 7) is 1.76. The number of carbonyl (C=O) groups is 3. The quantitative estimate of drug-likeness (QED) is 0.592. The summed E-state index contributed by atoms with van der Waals surface area (Å²) < 4.78 is 0. The van der Waals surface area contributed by atoms with Gasteiger partial charge in [-0.1, -0.05) is 0 Å². The van der Waals surface area contributed by atoms with Crippen LogP contribution < -0.4 is 11.1 Å². The molecule has 0 aromatic rings.